The first-order chi connectivity index (χ1) is 11.1. The zero-order chi connectivity index (χ0) is 16.2. The number of anilines is 1. The van der Waals surface area contributed by atoms with E-state index in [2.05, 4.69) is 10.3 Å². The van der Waals surface area contributed by atoms with Gasteiger partial charge in [-0.15, -0.1) is 11.3 Å². The van der Waals surface area contributed by atoms with Crippen molar-refractivity contribution in [3.8, 4) is 0 Å². The van der Waals surface area contributed by atoms with Crippen LogP contribution in [-0.2, 0) is 16.1 Å². The predicted molar refractivity (Wildman–Crippen MR) is 84.3 cm³/mol. The van der Waals surface area contributed by atoms with E-state index in [1.807, 2.05) is 24.3 Å². The minimum Gasteiger partial charge on any atom is -0.364 e. The highest BCUT2D eigenvalue weighted by molar-refractivity contribution is 7.18. The first-order valence-electron chi connectivity index (χ1n) is 6.79. The van der Waals surface area contributed by atoms with Crippen LogP contribution in [0.1, 0.15) is 5.01 Å². The van der Waals surface area contributed by atoms with Crippen LogP contribution in [0.2, 0.25) is 0 Å². The lowest BCUT2D eigenvalue weighted by Gasteiger charge is -2.05. The number of thiazole rings is 1. The molecule has 0 bridgehead atoms. The highest BCUT2D eigenvalue weighted by atomic mass is 32.1. The Bertz CT molecular complexity index is 818. The van der Waals surface area contributed by atoms with E-state index in [1.165, 1.54) is 17.4 Å². The third kappa shape index (κ3) is 3.88. The maximum atomic E-state index is 13.0. The normalized spacial score (nSPS) is 10.9. The maximum absolute atomic E-state index is 13.0. The lowest BCUT2D eigenvalue weighted by Crippen LogP contribution is -2.18. The number of hydrogen-bond acceptors (Lipinski definition) is 4. The van der Waals surface area contributed by atoms with Gasteiger partial charge >= 0.3 is 0 Å². The number of rotatable bonds is 5. The molecule has 0 spiro atoms. The number of nitrogens with one attached hydrogen (secondary N) is 1. The van der Waals surface area contributed by atoms with Crippen LogP contribution in [0.3, 0.4) is 0 Å². The molecule has 1 amide bonds. The highest BCUT2D eigenvalue weighted by Gasteiger charge is 2.08. The Morgan fingerprint density at radius 1 is 1.17 bits per heavy atom. The molecular formula is C16H12F2N2O2S. The fourth-order valence-corrected chi connectivity index (χ4v) is 2.89. The van der Waals surface area contributed by atoms with Crippen molar-refractivity contribution in [1.82, 2.24) is 4.98 Å². The number of para-hydroxylation sites is 1. The first-order valence-corrected chi connectivity index (χ1v) is 7.60. The number of carbonyl (C=O) groups is 1. The SMILES string of the molecule is O=C(COCc1nc2ccccc2s1)Nc1ccc(F)c(F)c1. The van der Waals surface area contributed by atoms with Crippen LogP contribution < -0.4 is 5.32 Å². The molecule has 2 aromatic carbocycles. The van der Waals surface area contributed by atoms with Crippen molar-refractivity contribution >= 4 is 33.1 Å². The number of ether oxygens (including phenoxy) is 1. The largest absolute Gasteiger partial charge is 0.364 e. The van der Waals surface area contributed by atoms with E-state index >= 15 is 0 Å². The van der Waals surface area contributed by atoms with Gasteiger partial charge in [-0.3, -0.25) is 4.79 Å². The summed E-state index contributed by atoms with van der Waals surface area (Å²) in [6.07, 6.45) is 0. The molecule has 118 valence electrons. The molecule has 23 heavy (non-hydrogen) atoms. The van der Waals surface area contributed by atoms with Gasteiger partial charge < -0.3 is 10.1 Å². The Hall–Kier alpha value is -2.38. The fraction of sp³-hybridized carbons (Fsp3) is 0.125. The number of carbonyl (C=O) groups excluding carboxylic acids is 1. The van der Waals surface area contributed by atoms with Crippen molar-refractivity contribution in [1.29, 1.82) is 0 Å². The zero-order valence-corrected chi connectivity index (χ0v) is 12.7. The van der Waals surface area contributed by atoms with E-state index in [0.29, 0.717) is 0 Å². The second kappa shape index (κ2) is 6.80. The summed E-state index contributed by atoms with van der Waals surface area (Å²) in [6, 6.07) is 10.9. The van der Waals surface area contributed by atoms with Gasteiger partial charge in [0.1, 0.15) is 11.6 Å². The molecule has 1 heterocycles. The second-order valence-electron chi connectivity index (χ2n) is 4.75. The Labute approximate surface area is 134 Å². The fourth-order valence-electron chi connectivity index (χ4n) is 1.98. The summed E-state index contributed by atoms with van der Waals surface area (Å²) in [6.45, 7) is 0.0134. The molecule has 1 N–H and O–H groups in total. The van der Waals surface area contributed by atoms with Crippen LogP contribution in [0, 0.1) is 11.6 Å². The van der Waals surface area contributed by atoms with Crippen molar-refractivity contribution in [2.75, 3.05) is 11.9 Å². The number of benzene rings is 2. The molecule has 0 saturated heterocycles. The molecule has 3 rings (SSSR count). The molecular weight excluding hydrogens is 322 g/mol. The predicted octanol–water partition coefficient (Wildman–Crippen LogP) is 3.73. The number of aromatic nitrogens is 1. The molecule has 0 aliphatic rings. The van der Waals surface area contributed by atoms with Crippen LogP contribution in [0.4, 0.5) is 14.5 Å². The van der Waals surface area contributed by atoms with Crippen molar-refractivity contribution in [2.45, 2.75) is 6.61 Å². The van der Waals surface area contributed by atoms with E-state index in [-0.39, 0.29) is 18.9 Å². The summed E-state index contributed by atoms with van der Waals surface area (Å²) in [5.74, 6) is -2.43. The van der Waals surface area contributed by atoms with Crippen LogP contribution in [0.15, 0.2) is 42.5 Å². The van der Waals surface area contributed by atoms with Crippen molar-refractivity contribution in [2.24, 2.45) is 0 Å². The number of nitrogens with zero attached hydrogens (tertiary/aromatic N) is 1. The van der Waals surface area contributed by atoms with Crippen molar-refractivity contribution < 1.29 is 18.3 Å². The summed E-state index contributed by atoms with van der Waals surface area (Å²) < 4.78 is 32.2. The van der Waals surface area contributed by atoms with Crippen LogP contribution >= 0.6 is 11.3 Å². The van der Waals surface area contributed by atoms with E-state index in [9.17, 15) is 13.6 Å². The van der Waals surface area contributed by atoms with Gasteiger partial charge in [-0.25, -0.2) is 13.8 Å². The van der Waals surface area contributed by atoms with Crippen molar-refractivity contribution in [3.63, 3.8) is 0 Å². The number of halogens is 2. The van der Waals surface area contributed by atoms with Gasteiger partial charge in [0.15, 0.2) is 11.6 Å². The van der Waals surface area contributed by atoms with Gasteiger partial charge in [0.2, 0.25) is 5.91 Å². The van der Waals surface area contributed by atoms with E-state index in [0.717, 1.165) is 27.4 Å². The summed E-state index contributed by atoms with van der Waals surface area (Å²) in [5, 5.41) is 3.21. The van der Waals surface area contributed by atoms with Crippen LogP contribution in [-0.4, -0.2) is 17.5 Å². The van der Waals surface area contributed by atoms with Gasteiger partial charge in [-0.05, 0) is 24.3 Å². The van der Waals surface area contributed by atoms with Gasteiger partial charge in [0.25, 0.3) is 0 Å². The molecule has 7 heteroatoms. The number of amides is 1. The van der Waals surface area contributed by atoms with Crippen LogP contribution in [0.25, 0.3) is 10.2 Å². The molecule has 0 fully saturated rings. The minimum atomic E-state index is -1.02. The molecule has 0 unspecified atom stereocenters. The maximum Gasteiger partial charge on any atom is 0.250 e. The number of hydrogen-bond donors (Lipinski definition) is 1. The highest BCUT2D eigenvalue weighted by Crippen LogP contribution is 2.22. The topological polar surface area (TPSA) is 51.2 Å². The summed E-state index contributed by atoms with van der Waals surface area (Å²) in [4.78, 5) is 16.1. The molecule has 0 radical (unpaired) electrons. The molecule has 0 saturated carbocycles. The molecule has 4 nitrogen and oxygen atoms in total. The van der Waals surface area contributed by atoms with Crippen molar-refractivity contribution in [3.05, 3.63) is 59.1 Å². The molecule has 1 aromatic heterocycles. The zero-order valence-electron chi connectivity index (χ0n) is 11.9. The smallest absolute Gasteiger partial charge is 0.250 e. The lowest BCUT2D eigenvalue weighted by molar-refractivity contribution is -0.121. The summed E-state index contributed by atoms with van der Waals surface area (Å²) in [5.41, 5.74) is 1.07. The standard InChI is InChI=1S/C16H12F2N2O2S/c17-11-6-5-10(7-12(11)18)19-15(21)8-22-9-16-20-13-3-1-2-4-14(13)23-16/h1-7H,8-9H2,(H,19,21). The Morgan fingerprint density at radius 2 is 2.00 bits per heavy atom. The molecule has 0 atom stereocenters. The summed E-state index contributed by atoms with van der Waals surface area (Å²) in [7, 11) is 0. The van der Waals surface area contributed by atoms with Gasteiger partial charge in [0.05, 0.1) is 16.8 Å². The average Bonchev–Trinajstić information content (AvgIpc) is 2.93. The van der Waals surface area contributed by atoms with E-state index < -0.39 is 17.5 Å². The van der Waals surface area contributed by atoms with Gasteiger partial charge in [-0.2, -0.15) is 0 Å². The van der Waals surface area contributed by atoms with E-state index in [1.54, 1.807) is 0 Å². The third-order valence-corrected chi connectivity index (χ3v) is 4.01. The average molecular weight is 334 g/mol. The molecule has 0 aliphatic carbocycles. The van der Waals surface area contributed by atoms with Gasteiger partial charge in [-0.1, -0.05) is 12.1 Å². The second-order valence-corrected chi connectivity index (χ2v) is 5.86. The van der Waals surface area contributed by atoms with E-state index in [4.69, 9.17) is 4.74 Å². The Morgan fingerprint density at radius 3 is 2.78 bits per heavy atom. The Kier molecular flexibility index (Phi) is 4.59. The minimum absolute atomic E-state index is 0.178. The third-order valence-electron chi connectivity index (χ3n) is 3.00. The summed E-state index contributed by atoms with van der Waals surface area (Å²) >= 11 is 1.50. The molecule has 3 aromatic rings. The number of fused-ring (bicyclic) bond motifs is 1. The molecule has 0 aliphatic heterocycles. The first kappa shape index (κ1) is 15.5. The monoisotopic (exact) mass is 334 g/mol. The Balaban J connectivity index is 1.51. The van der Waals surface area contributed by atoms with Gasteiger partial charge in [0, 0.05) is 11.8 Å². The van der Waals surface area contributed by atoms with Crippen LogP contribution in [0.5, 0.6) is 0 Å². The lowest BCUT2D eigenvalue weighted by atomic mass is 10.3. The quantitative estimate of drug-likeness (QED) is 0.773.